The van der Waals surface area contributed by atoms with E-state index < -0.39 is 45.3 Å². The molecule has 0 N–H and O–H groups in total. The van der Waals surface area contributed by atoms with Crippen molar-refractivity contribution in [3.05, 3.63) is 198 Å². The van der Waals surface area contributed by atoms with Crippen LogP contribution in [0.4, 0.5) is 0 Å². The van der Waals surface area contributed by atoms with Crippen molar-refractivity contribution in [1.82, 2.24) is 9.80 Å². The Bertz CT molecular complexity index is 3270. The highest BCUT2D eigenvalue weighted by atomic mass is 32.2. The first-order valence-corrected chi connectivity index (χ1v) is 27.7. The van der Waals surface area contributed by atoms with E-state index in [1.54, 1.807) is 121 Å². The molecule has 2 saturated heterocycles. The molecule has 2 aliphatic carbocycles. The summed E-state index contributed by atoms with van der Waals surface area (Å²) in [7, 11) is 0. The Morgan fingerprint density at radius 2 is 0.932 bits per heavy atom. The van der Waals surface area contributed by atoms with Gasteiger partial charge >= 0.3 is 23.9 Å². The van der Waals surface area contributed by atoms with E-state index >= 15 is 19.2 Å². The van der Waals surface area contributed by atoms with Crippen LogP contribution in [-0.2, 0) is 85.0 Å². The molecule has 0 bridgehead atoms. The molecule has 4 aliphatic rings. The molecule has 1 unspecified atom stereocenters. The number of hydrogen-bond donors (Lipinski definition) is 1. The first kappa shape index (κ1) is 51.0. The molecule has 6 aromatic rings. The number of thioether (sulfide) groups is 2. The number of hydrogen-bond acceptors (Lipinski definition) is 16. The zero-order valence-electron chi connectivity index (χ0n) is 39.6. The van der Waals surface area contributed by atoms with E-state index in [0.29, 0.717) is 58.8 Å². The highest BCUT2D eigenvalue weighted by Crippen LogP contribution is 2.60. The lowest BCUT2D eigenvalue weighted by Crippen LogP contribution is -2.46. The standard InChI is InChI=1S/C56H44N2O10S6/c1-3-57-47(59)41(73-53(57)69)27-37-25-39-43(55(37,49(61)65-29-33-17-9-5-10-18-33)50(62)66-30-34-19-11-6-12-20-34)45-46(71-39)44-40(72-45)26-38(28-42-48(60)58(4-2)54(70)74-42)56(44,51(63)67-31-35-21-13-7-14-22-35)52(64)68-32-36-23-15-8-16-24-36/h5-28,53,69H,3-4,29-32H2,1-2H3/b41-27-,42-28-. The average molecular weight is 1100 g/mol. The number of thiocarbonyl (C=S) groups is 1. The number of likely N-dealkylation sites (N-methyl/N-ethyl adjacent to an activating group) is 2. The van der Waals surface area contributed by atoms with Crippen LogP contribution in [0.3, 0.4) is 0 Å². The topological polar surface area (TPSA) is 146 Å². The molecule has 10 rings (SSSR count). The van der Waals surface area contributed by atoms with Crippen LogP contribution in [0.5, 0.6) is 0 Å². The summed E-state index contributed by atoms with van der Waals surface area (Å²) >= 11 is 14.8. The van der Waals surface area contributed by atoms with E-state index in [1.165, 1.54) is 28.8 Å². The van der Waals surface area contributed by atoms with Gasteiger partial charge in [-0.3, -0.25) is 33.7 Å². The molecule has 374 valence electrons. The predicted octanol–water partition coefficient (Wildman–Crippen LogP) is 10.7. The first-order chi connectivity index (χ1) is 35.9. The van der Waals surface area contributed by atoms with Crippen molar-refractivity contribution in [2.24, 2.45) is 0 Å². The molecule has 1 atom stereocenters. The summed E-state index contributed by atoms with van der Waals surface area (Å²) in [6.07, 6.45) is 6.36. The number of allylic oxidation sites excluding steroid dienone is 2. The third-order valence-corrected chi connectivity index (χ3v) is 18.3. The molecule has 4 heterocycles. The lowest BCUT2D eigenvalue weighted by Gasteiger charge is -2.29. The predicted molar refractivity (Wildman–Crippen MR) is 295 cm³/mol. The molecule has 74 heavy (non-hydrogen) atoms. The molecule has 2 amide bonds. The van der Waals surface area contributed by atoms with Gasteiger partial charge in [0, 0.05) is 34.0 Å². The van der Waals surface area contributed by atoms with Gasteiger partial charge < -0.3 is 23.8 Å². The molecule has 12 nitrogen and oxygen atoms in total. The van der Waals surface area contributed by atoms with Gasteiger partial charge in [-0.15, -0.1) is 35.3 Å². The highest BCUT2D eigenvalue weighted by molar-refractivity contribution is 8.26. The van der Waals surface area contributed by atoms with Crippen molar-refractivity contribution in [3.63, 3.8) is 0 Å². The molecule has 4 aromatic carbocycles. The van der Waals surface area contributed by atoms with Gasteiger partial charge in [0.05, 0.1) is 19.2 Å². The second kappa shape index (κ2) is 21.4. The lowest BCUT2D eigenvalue weighted by atomic mass is 9.75. The third-order valence-electron chi connectivity index (χ3n) is 12.9. The smallest absolute Gasteiger partial charge is 0.333 e. The van der Waals surface area contributed by atoms with Gasteiger partial charge in [-0.2, -0.15) is 0 Å². The zero-order valence-corrected chi connectivity index (χ0v) is 44.6. The van der Waals surface area contributed by atoms with Crippen LogP contribution in [0.1, 0.15) is 57.0 Å². The summed E-state index contributed by atoms with van der Waals surface area (Å²) < 4.78 is 25.3. The van der Waals surface area contributed by atoms with Crippen LogP contribution in [0, 0.1) is 0 Å². The Hall–Kier alpha value is -6.54. The number of thiol groups is 1. The maximum atomic E-state index is 15.5. The maximum Gasteiger partial charge on any atom is 0.333 e. The normalized spacial score (nSPS) is 18.4. The average Bonchev–Trinajstić information content (AvgIpc) is 4.27. The lowest BCUT2D eigenvalue weighted by molar-refractivity contribution is -0.166. The van der Waals surface area contributed by atoms with Gasteiger partial charge in [0.15, 0.2) is 0 Å². The number of esters is 4. The Balaban J connectivity index is 1.20. The fraction of sp³-hybridized carbons (Fsp3) is 0.196. The largest absolute Gasteiger partial charge is 0.459 e. The number of fused-ring (bicyclic) bond motifs is 5. The molecule has 0 saturated carbocycles. The second-order valence-corrected chi connectivity index (χ2v) is 23.0. The van der Waals surface area contributed by atoms with Crippen LogP contribution in [0.15, 0.2) is 154 Å². The van der Waals surface area contributed by atoms with E-state index in [-0.39, 0.29) is 64.4 Å². The van der Waals surface area contributed by atoms with Crippen molar-refractivity contribution in [1.29, 1.82) is 0 Å². The molecule has 18 heteroatoms. The van der Waals surface area contributed by atoms with E-state index in [4.69, 9.17) is 31.2 Å². The fourth-order valence-corrected chi connectivity index (χ4v) is 15.3. The summed E-state index contributed by atoms with van der Waals surface area (Å²) in [5, 5.41) is 0. The molecule has 2 fully saturated rings. The molecule has 2 aromatic heterocycles. The Morgan fingerprint density at radius 1 is 0.568 bits per heavy atom. The van der Waals surface area contributed by atoms with Gasteiger partial charge in [-0.05, 0) is 71.6 Å². The number of carbonyl (C=O) groups is 6. The van der Waals surface area contributed by atoms with E-state index in [9.17, 15) is 9.59 Å². The van der Waals surface area contributed by atoms with E-state index in [2.05, 4.69) is 12.6 Å². The number of rotatable bonds is 16. The fourth-order valence-electron chi connectivity index (χ4n) is 9.26. The molecule has 0 spiro atoms. The monoisotopic (exact) mass is 1100 g/mol. The van der Waals surface area contributed by atoms with E-state index in [0.717, 1.165) is 34.4 Å². The minimum Gasteiger partial charge on any atom is -0.459 e. The minimum absolute atomic E-state index is 0.109. The van der Waals surface area contributed by atoms with E-state index in [1.807, 2.05) is 31.2 Å². The quantitative estimate of drug-likeness (QED) is 0.0245. The van der Waals surface area contributed by atoms with Gasteiger partial charge in [-0.1, -0.05) is 157 Å². The highest BCUT2D eigenvalue weighted by Gasteiger charge is 2.63. The van der Waals surface area contributed by atoms with Gasteiger partial charge in [-0.25, -0.2) is 0 Å². The van der Waals surface area contributed by atoms with Crippen LogP contribution < -0.4 is 0 Å². The number of carbonyl (C=O) groups excluding carboxylic acids is 6. The SMILES string of the molecule is CCN1C(=O)/C(=C/C2=Cc3sc4c5c(sc4c3C2(C(=O)OCc2ccccc2)C(=O)OCc2ccccc2)C=C(/C=C2\SC(S)N(CC)C2=O)C5(C(=O)OCc2ccccc2)C(=O)OCc2ccccc2)SC1=S. The van der Waals surface area contributed by atoms with Gasteiger partial charge in [0.25, 0.3) is 11.8 Å². The van der Waals surface area contributed by atoms with Gasteiger partial charge in [0.2, 0.25) is 10.8 Å². The van der Waals surface area contributed by atoms with Crippen LogP contribution in [0.25, 0.3) is 21.6 Å². The summed E-state index contributed by atoms with van der Waals surface area (Å²) in [5.74, 6) is -4.62. The number of nitrogens with zero attached hydrogens (tertiary/aromatic N) is 2. The van der Waals surface area contributed by atoms with Crippen LogP contribution >= 0.6 is 71.0 Å². The summed E-state index contributed by atoms with van der Waals surface area (Å²) in [4.78, 5) is 94.3. The minimum atomic E-state index is -2.36. The van der Waals surface area contributed by atoms with Gasteiger partial charge in [0.1, 0.15) is 35.5 Å². The Morgan fingerprint density at radius 3 is 1.26 bits per heavy atom. The van der Waals surface area contributed by atoms with Crippen LogP contribution in [0.2, 0.25) is 0 Å². The summed E-state index contributed by atoms with van der Waals surface area (Å²) in [5.41, 5.74) is -1.47. The molecule has 2 aliphatic heterocycles. The molecule has 0 radical (unpaired) electrons. The first-order valence-electron chi connectivity index (χ1n) is 23.4. The van der Waals surface area contributed by atoms with Crippen molar-refractivity contribution in [2.45, 2.75) is 55.8 Å². The molecular formula is C56H44N2O10S6. The number of ether oxygens (including phenoxy) is 4. The molecular weight excluding hydrogens is 1050 g/mol. The van der Waals surface area contributed by atoms with Crippen molar-refractivity contribution in [3.8, 4) is 0 Å². The van der Waals surface area contributed by atoms with Crippen molar-refractivity contribution >= 4 is 133 Å². The Labute approximate surface area is 453 Å². The van der Waals surface area contributed by atoms with Crippen molar-refractivity contribution < 1.29 is 47.7 Å². The third kappa shape index (κ3) is 9.04. The number of amides is 2. The second-order valence-electron chi connectivity index (χ2n) is 17.3. The summed E-state index contributed by atoms with van der Waals surface area (Å²) in [6.45, 7) is 3.44. The number of thiophene rings is 2. The summed E-state index contributed by atoms with van der Waals surface area (Å²) in [6, 6.07) is 36.0. The maximum absolute atomic E-state index is 15.5. The van der Waals surface area contributed by atoms with Crippen LogP contribution in [-0.4, -0.2) is 67.6 Å². The Kier molecular flexibility index (Phi) is 14.7. The zero-order chi connectivity index (χ0) is 51.7. The van der Waals surface area contributed by atoms with Crippen molar-refractivity contribution in [2.75, 3.05) is 13.1 Å². The number of benzene rings is 4.